The Morgan fingerprint density at radius 3 is 2.30 bits per heavy atom. The minimum absolute atomic E-state index is 0.0647. The van der Waals surface area contributed by atoms with E-state index in [9.17, 15) is 0 Å². The van der Waals surface area contributed by atoms with Gasteiger partial charge in [0.15, 0.2) is 0 Å². The van der Waals surface area contributed by atoms with Crippen molar-refractivity contribution in [2.24, 2.45) is 5.73 Å². The van der Waals surface area contributed by atoms with E-state index < -0.39 is 0 Å². The summed E-state index contributed by atoms with van der Waals surface area (Å²) in [6, 6.07) is 10.9. The fourth-order valence-electron chi connectivity index (χ4n) is 2.67. The van der Waals surface area contributed by atoms with E-state index in [0.717, 1.165) is 12.3 Å². The number of nitrogens with zero attached hydrogens (tertiary/aromatic N) is 1. The molecular formula is C17H24N2O. The summed E-state index contributed by atoms with van der Waals surface area (Å²) in [5, 5.41) is 0. The van der Waals surface area contributed by atoms with Gasteiger partial charge >= 0.3 is 0 Å². The molecule has 0 amide bonds. The predicted molar refractivity (Wildman–Crippen MR) is 82.5 cm³/mol. The lowest BCUT2D eigenvalue weighted by molar-refractivity contribution is 0.210. The molecule has 2 atom stereocenters. The second-order valence-corrected chi connectivity index (χ2v) is 5.63. The highest BCUT2D eigenvalue weighted by molar-refractivity contribution is 5.25. The third kappa shape index (κ3) is 3.30. The Kier molecular flexibility index (Phi) is 4.63. The fourth-order valence-corrected chi connectivity index (χ4v) is 2.67. The van der Waals surface area contributed by atoms with Crippen LogP contribution in [0.4, 0.5) is 0 Å². The fraction of sp³-hybridized carbons (Fsp3) is 0.412. The van der Waals surface area contributed by atoms with Crippen molar-refractivity contribution >= 4 is 0 Å². The van der Waals surface area contributed by atoms with Crippen LogP contribution in [-0.2, 0) is 6.54 Å². The first-order valence-corrected chi connectivity index (χ1v) is 7.04. The van der Waals surface area contributed by atoms with Crippen molar-refractivity contribution in [1.29, 1.82) is 0 Å². The molecule has 3 heteroatoms. The summed E-state index contributed by atoms with van der Waals surface area (Å²) in [5.74, 6) is 0.976. The standard InChI is InChI=1S/C17H24N2O/c1-12-5-7-15(8-6-12)17(13(2)18)19(4)11-16-9-10-20-14(16)3/h5-10,13,17H,11,18H2,1-4H3. The first-order valence-electron chi connectivity index (χ1n) is 7.04. The highest BCUT2D eigenvalue weighted by atomic mass is 16.3. The monoisotopic (exact) mass is 272 g/mol. The minimum atomic E-state index is 0.0647. The van der Waals surface area contributed by atoms with E-state index >= 15 is 0 Å². The van der Waals surface area contributed by atoms with Crippen molar-refractivity contribution in [3.8, 4) is 0 Å². The summed E-state index contributed by atoms with van der Waals surface area (Å²) in [6.07, 6.45) is 1.74. The Bertz CT molecular complexity index is 542. The van der Waals surface area contributed by atoms with Crippen LogP contribution in [0.2, 0.25) is 0 Å². The van der Waals surface area contributed by atoms with Gasteiger partial charge in [0.2, 0.25) is 0 Å². The lowest BCUT2D eigenvalue weighted by Crippen LogP contribution is -2.37. The molecule has 2 N–H and O–H groups in total. The second kappa shape index (κ2) is 6.25. The number of aryl methyl sites for hydroxylation is 2. The van der Waals surface area contributed by atoms with Crippen LogP contribution in [-0.4, -0.2) is 18.0 Å². The molecule has 2 aromatic rings. The number of hydrogen-bond donors (Lipinski definition) is 1. The van der Waals surface area contributed by atoms with E-state index in [0.29, 0.717) is 0 Å². The summed E-state index contributed by atoms with van der Waals surface area (Å²) in [4.78, 5) is 2.28. The number of furan rings is 1. The van der Waals surface area contributed by atoms with Gasteiger partial charge in [0, 0.05) is 24.2 Å². The summed E-state index contributed by atoms with van der Waals surface area (Å²) in [7, 11) is 2.11. The largest absolute Gasteiger partial charge is 0.469 e. The molecule has 0 bridgehead atoms. The Morgan fingerprint density at radius 2 is 1.80 bits per heavy atom. The zero-order valence-corrected chi connectivity index (χ0v) is 12.8. The average Bonchev–Trinajstić information content (AvgIpc) is 2.77. The van der Waals surface area contributed by atoms with Crippen molar-refractivity contribution < 1.29 is 4.42 Å². The summed E-state index contributed by atoms with van der Waals surface area (Å²) in [6.45, 7) is 6.99. The zero-order valence-electron chi connectivity index (χ0n) is 12.8. The molecule has 1 aromatic heterocycles. The normalized spacial score (nSPS) is 14.5. The maximum Gasteiger partial charge on any atom is 0.105 e. The van der Waals surface area contributed by atoms with E-state index in [1.807, 2.05) is 13.0 Å². The molecule has 1 aromatic carbocycles. The molecule has 108 valence electrons. The highest BCUT2D eigenvalue weighted by Gasteiger charge is 2.22. The molecule has 2 unspecified atom stereocenters. The summed E-state index contributed by atoms with van der Waals surface area (Å²) in [5.41, 5.74) is 9.95. The lowest BCUT2D eigenvalue weighted by atomic mass is 9.98. The third-order valence-corrected chi connectivity index (χ3v) is 3.78. The van der Waals surface area contributed by atoms with Crippen molar-refractivity contribution in [2.75, 3.05) is 7.05 Å². The topological polar surface area (TPSA) is 42.4 Å². The van der Waals surface area contributed by atoms with Gasteiger partial charge in [-0.05, 0) is 39.4 Å². The van der Waals surface area contributed by atoms with Crippen LogP contribution in [0, 0.1) is 13.8 Å². The first kappa shape index (κ1) is 14.8. The molecule has 3 nitrogen and oxygen atoms in total. The smallest absolute Gasteiger partial charge is 0.105 e. The van der Waals surface area contributed by atoms with E-state index in [-0.39, 0.29) is 12.1 Å². The van der Waals surface area contributed by atoms with Crippen LogP contribution in [0.25, 0.3) is 0 Å². The summed E-state index contributed by atoms with van der Waals surface area (Å²) < 4.78 is 5.37. The zero-order chi connectivity index (χ0) is 14.7. The van der Waals surface area contributed by atoms with Gasteiger partial charge in [0.05, 0.1) is 6.26 Å². The van der Waals surface area contributed by atoms with E-state index in [1.165, 1.54) is 16.7 Å². The third-order valence-electron chi connectivity index (χ3n) is 3.78. The molecule has 1 heterocycles. The van der Waals surface area contributed by atoms with Gasteiger partial charge in [-0.15, -0.1) is 0 Å². The SMILES string of the molecule is Cc1ccc(C(C(C)N)N(C)Cc2ccoc2C)cc1. The van der Waals surface area contributed by atoms with Crippen LogP contribution < -0.4 is 5.73 Å². The van der Waals surface area contributed by atoms with Gasteiger partial charge in [-0.25, -0.2) is 0 Å². The quantitative estimate of drug-likeness (QED) is 0.907. The molecule has 0 aliphatic carbocycles. The van der Waals surface area contributed by atoms with E-state index in [2.05, 4.69) is 50.1 Å². The molecular weight excluding hydrogens is 248 g/mol. The van der Waals surface area contributed by atoms with Crippen LogP contribution in [0.5, 0.6) is 0 Å². The van der Waals surface area contributed by atoms with Crippen LogP contribution in [0.3, 0.4) is 0 Å². The maximum absolute atomic E-state index is 6.21. The number of benzene rings is 1. The minimum Gasteiger partial charge on any atom is -0.469 e. The highest BCUT2D eigenvalue weighted by Crippen LogP contribution is 2.25. The molecule has 2 rings (SSSR count). The number of nitrogens with two attached hydrogens (primary N) is 1. The molecule has 0 radical (unpaired) electrons. The Hall–Kier alpha value is -1.58. The van der Waals surface area contributed by atoms with Crippen molar-refractivity contribution in [1.82, 2.24) is 4.90 Å². The molecule has 0 aliphatic rings. The lowest BCUT2D eigenvalue weighted by Gasteiger charge is -2.31. The van der Waals surface area contributed by atoms with Gasteiger partial charge in [-0.1, -0.05) is 29.8 Å². The van der Waals surface area contributed by atoms with Gasteiger partial charge in [-0.2, -0.15) is 0 Å². The van der Waals surface area contributed by atoms with Crippen molar-refractivity contribution in [3.05, 3.63) is 59.0 Å². The Morgan fingerprint density at radius 1 is 1.15 bits per heavy atom. The van der Waals surface area contributed by atoms with Gasteiger partial charge in [0.1, 0.15) is 5.76 Å². The molecule has 0 fully saturated rings. The summed E-state index contributed by atoms with van der Waals surface area (Å²) >= 11 is 0. The van der Waals surface area contributed by atoms with Gasteiger partial charge in [-0.3, -0.25) is 4.90 Å². The first-order chi connectivity index (χ1) is 9.49. The van der Waals surface area contributed by atoms with Gasteiger partial charge in [0.25, 0.3) is 0 Å². The van der Waals surface area contributed by atoms with Crippen LogP contribution >= 0.6 is 0 Å². The van der Waals surface area contributed by atoms with E-state index in [4.69, 9.17) is 10.2 Å². The van der Waals surface area contributed by atoms with Crippen molar-refractivity contribution in [3.63, 3.8) is 0 Å². The molecule has 0 spiro atoms. The average molecular weight is 272 g/mol. The molecule has 0 saturated heterocycles. The van der Waals surface area contributed by atoms with Gasteiger partial charge < -0.3 is 10.2 Å². The van der Waals surface area contributed by atoms with Crippen molar-refractivity contribution in [2.45, 2.75) is 39.4 Å². The number of hydrogen-bond acceptors (Lipinski definition) is 3. The Labute approximate surface area is 121 Å². The van der Waals surface area contributed by atoms with Crippen LogP contribution in [0.1, 0.15) is 35.4 Å². The molecule has 20 heavy (non-hydrogen) atoms. The number of rotatable bonds is 5. The second-order valence-electron chi connectivity index (χ2n) is 5.63. The Balaban J connectivity index is 2.20. The van der Waals surface area contributed by atoms with E-state index in [1.54, 1.807) is 6.26 Å². The van der Waals surface area contributed by atoms with Crippen LogP contribution in [0.15, 0.2) is 41.0 Å². The predicted octanol–water partition coefficient (Wildman–Crippen LogP) is 3.42. The number of likely N-dealkylation sites (N-methyl/N-ethyl adjacent to an activating group) is 1. The maximum atomic E-state index is 6.21. The molecule has 0 aliphatic heterocycles. The molecule has 0 saturated carbocycles.